The molecule has 0 spiro atoms. The zero-order chi connectivity index (χ0) is 12.7. The second-order valence-electron chi connectivity index (χ2n) is 5.18. The van der Waals surface area contributed by atoms with Crippen molar-refractivity contribution < 1.29 is 0 Å². The summed E-state index contributed by atoms with van der Waals surface area (Å²) >= 11 is 1.88. The lowest BCUT2D eigenvalue weighted by atomic mass is 9.95. The molecule has 1 saturated carbocycles. The summed E-state index contributed by atoms with van der Waals surface area (Å²) in [5.41, 5.74) is 4.73. The minimum atomic E-state index is 0.560. The quantitative estimate of drug-likeness (QED) is 0.867. The Labute approximate surface area is 116 Å². The van der Waals surface area contributed by atoms with Crippen LogP contribution in [0.25, 0.3) is 11.4 Å². The first-order chi connectivity index (χ1) is 9.42. The van der Waals surface area contributed by atoms with Gasteiger partial charge in [0.1, 0.15) is 0 Å². The molecule has 2 aromatic rings. The molecule has 19 heavy (non-hydrogen) atoms. The lowest BCUT2D eigenvalue weighted by molar-refractivity contribution is 0.432. The van der Waals surface area contributed by atoms with E-state index < -0.39 is 0 Å². The lowest BCUT2D eigenvalue weighted by Crippen LogP contribution is -2.42. The van der Waals surface area contributed by atoms with E-state index in [2.05, 4.69) is 32.4 Å². The van der Waals surface area contributed by atoms with E-state index in [0.717, 1.165) is 16.5 Å². The molecule has 2 atom stereocenters. The molecular formula is C14H16N4S. The van der Waals surface area contributed by atoms with Gasteiger partial charge < -0.3 is 5.43 Å². The minimum Gasteiger partial charge on any atom is -0.318 e. The molecule has 1 aliphatic heterocycles. The standard InChI is InChI=1S/C14H16N4S/c1-2-6-10(7-3-1)13-15-16-14-18(13)17-11-8-4-5-9-12(11)19-14/h1-3,6-7,11-12,17H,4-5,8-9H2. The van der Waals surface area contributed by atoms with E-state index in [1.165, 1.54) is 25.7 Å². The highest BCUT2D eigenvalue weighted by Gasteiger charge is 2.33. The summed E-state index contributed by atoms with van der Waals surface area (Å²) in [4.78, 5) is 0. The van der Waals surface area contributed by atoms with E-state index in [9.17, 15) is 0 Å². The Morgan fingerprint density at radius 3 is 2.84 bits per heavy atom. The van der Waals surface area contributed by atoms with Crippen LogP contribution in [0, 0.1) is 0 Å². The maximum atomic E-state index is 4.36. The topological polar surface area (TPSA) is 42.7 Å². The molecule has 0 radical (unpaired) electrons. The summed E-state index contributed by atoms with van der Waals surface area (Å²) in [6.07, 6.45) is 5.21. The maximum Gasteiger partial charge on any atom is 0.210 e. The molecular weight excluding hydrogens is 256 g/mol. The van der Waals surface area contributed by atoms with Crippen LogP contribution in [-0.2, 0) is 0 Å². The third-order valence-electron chi connectivity index (χ3n) is 3.92. The minimum absolute atomic E-state index is 0.560. The van der Waals surface area contributed by atoms with Crippen molar-refractivity contribution in [3.63, 3.8) is 0 Å². The summed E-state index contributed by atoms with van der Waals surface area (Å²) in [6.45, 7) is 0. The molecule has 0 bridgehead atoms. The number of nitrogens with zero attached hydrogens (tertiary/aromatic N) is 3. The fourth-order valence-corrected chi connectivity index (χ4v) is 4.17. The highest BCUT2D eigenvalue weighted by Crippen LogP contribution is 2.38. The Morgan fingerprint density at radius 1 is 1.11 bits per heavy atom. The van der Waals surface area contributed by atoms with Crippen molar-refractivity contribution in [1.82, 2.24) is 14.9 Å². The van der Waals surface area contributed by atoms with Crippen LogP contribution in [-0.4, -0.2) is 26.2 Å². The number of fused-ring (bicyclic) bond motifs is 2. The van der Waals surface area contributed by atoms with Gasteiger partial charge in [-0.3, -0.25) is 0 Å². The summed E-state index contributed by atoms with van der Waals surface area (Å²) in [7, 11) is 0. The van der Waals surface area contributed by atoms with Gasteiger partial charge in [0.2, 0.25) is 5.16 Å². The van der Waals surface area contributed by atoms with Crippen molar-refractivity contribution >= 4 is 11.8 Å². The first-order valence-corrected chi connectivity index (χ1v) is 7.74. The molecule has 0 amide bonds. The Balaban J connectivity index is 1.72. The van der Waals surface area contributed by atoms with Gasteiger partial charge in [-0.25, -0.2) is 4.68 Å². The molecule has 4 rings (SSSR count). The van der Waals surface area contributed by atoms with E-state index in [4.69, 9.17) is 0 Å². The molecule has 98 valence electrons. The summed E-state index contributed by atoms with van der Waals surface area (Å²) < 4.78 is 2.08. The summed E-state index contributed by atoms with van der Waals surface area (Å²) in [5.74, 6) is 0.923. The van der Waals surface area contributed by atoms with Crippen LogP contribution in [0.1, 0.15) is 25.7 Å². The van der Waals surface area contributed by atoms with Gasteiger partial charge in [-0.2, -0.15) is 0 Å². The molecule has 1 aliphatic carbocycles. The van der Waals surface area contributed by atoms with Crippen molar-refractivity contribution in [1.29, 1.82) is 0 Å². The van der Waals surface area contributed by atoms with E-state index >= 15 is 0 Å². The third-order valence-corrected chi connectivity index (χ3v) is 5.26. The summed E-state index contributed by atoms with van der Waals surface area (Å²) in [6, 6.07) is 10.8. The molecule has 4 nitrogen and oxygen atoms in total. The number of aromatic nitrogens is 3. The van der Waals surface area contributed by atoms with Gasteiger partial charge in [0.25, 0.3) is 0 Å². The number of hydrogen-bond donors (Lipinski definition) is 1. The molecule has 0 saturated heterocycles. The van der Waals surface area contributed by atoms with E-state index in [-0.39, 0.29) is 0 Å². The highest BCUT2D eigenvalue weighted by molar-refractivity contribution is 7.99. The van der Waals surface area contributed by atoms with Gasteiger partial charge in [-0.05, 0) is 12.8 Å². The normalized spacial score (nSPS) is 25.3. The summed E-state index contributed by atoms with van der Waals surface area (Å²) in [5, 5.41) is 10.4. The van der Waals surface area contributed by atoms with E-state index in [1.807, 2.05) is 30.0 Å². The van der Waals surface area contributed by atoms with E-state index in [1.54, 1.807) is 0 Å². The van der Waals surface area contributed by atoms with Gasteiger partial charge in [0.15, 0.2) is 5.82 Å². The molecule has 1 aromatic carbocycles. The van der Waals surface area contributed by atoms with Crippen molar-refractivity contribution in [2.24, 2.45) is 0 Å². The van der Waals surface area contributed by atoms with Crippen molar-refractivity contribution in [2.45, 2.75) is 42.1 Å². The second-order valence-corrected chi connectivity index (χ2v) is 6.39. The first kappa shape index (κ1) is 11.3. The number of nitrogens with one attached hydrogen (secondary N) is 1. The fraction of sp³-hybridized carbons (Fsp3) is 0.429. The Kier molecular flexibility index (Phi) is 2.72. The zero-order valence-corrected chi connectivity index (χ0v) is 11.4. The number of thioether (sulfide) groups is 1. The van der Waals surface area contributed by atoms with Crippen LogP contribution in [0.4, 0.5) is 0 Å². The van der Waals surface area contributed by atoms with Crippen molar-refractivity contribution in [3.8, 4) is 11.4 Å². The predicted molar refractivity (Wildman–Crippen MR) is 76.7 cm³/mol. The highest BCUT2D eigenvalue weighted by atomic mass is 32.2. The average molecular weight is 272 g/mol. The maximum absolute atomic E-state index is 4.36. The van der Waals surface area contributed by atoms with Crippen molar-refractivity contribution in [3.05, 3.63) is 30.3 Å². The SMILES string of the molecule is c1ccc(-c2nnc3n2NC2CCCCC2S3)cc1. The van der Waals surface area contributed by atoms with Crippen molar-refractivity contribution in [2.75, 3.05) is 5.43 Å². The fourth-order valence-electron chi connectivity index (χ4n) is 2.92. The van der Waals surface area contributed by atoms with Crippen LogP contribution in [0.2, 0.25) is 0 Å². The average Bonchev–Trinajstić information content (AvgIpc) is 2.88. The third kappa shape index (κ3) is 1.92. The second kappa shape index (κ2) is 4.56. The molecule has 2 aliphatic rings. The smallest absolute Gasteiger partial charge is 0.210 e. The van der Waals surface area contributed by atoms with Crippen LogP contribution >= 0.6 is 11.8 Å². The van der Waals surface area contributed by atoms with Gasteiger partial charge in [-0.1, -0.05) is 54.9 Å². The largest absolute Gasteiger partial charge is 0.318 e. The number of rotatable bonds is 1. The lowest BCUT2D eigenvalue weighted by Gasteiger charge is -2.36. The first-order valence-electron chi connectivity index (χ1n) is 6.86. The van der Waals surface area contributed by atoms with Gasteiger partial charge in [0.05, 0.1) is 6.04 Å². The Hall–Kier alpha value is -1.49. The predicted octanol–water partition coefficient (Wildman–Crippen LogP) is 2.91. The van der Waals surface area contributed by atoms with Gasteiger partial charge in [0, 0.05) is 10.8 Å². The zero-order valence-electron chi connectivity index (χ0n) is 10.6. The molecule has 1 aromatic heterocycles. The van der Waals surface area contributed by atoms with Crippen LogP contribution in [0.3, 0.4) is 0 Å². The number of hydrogen-bond acceptors (Lipinski definition) is 4. The Bertz CT molecular complexity index is 580. The van der Waals surface area contributed by atoms with Gasteiger partial charge >= 0.3 is 0 Å². The van der Waals surface area contributed by atoms with Crippen LogP contribution in [0.5, 0.6) is 0 Å². The van der Waals surface area contributed by atoms with Gasteiger partial charge in [-0.15, -0.1) is 10.2 Å². The van der Waals surface area contributed by atoms with Crippen LogP contribution in [0.15, 0.2) is 35.5 Å². The van der Waals surface area contributed by atoms with Crippen LogP contribution < -0.4 is 5.43 Å². The Morgan fingerprint density at radius 2 is 1.95 bits per heavy atom. The molecule has 1 fully saturated rings. The van der Waals surface area contributed by atoms with E-state index in [0.29, 0.717) is 11.3 Å². The molecule has 1 N–H and O–H groups in total. The monoisotopic (exact) mass is 272 g/mol. The number of benzene rings is 1. The molecule has 5 heteroatoms. The molecule has 2 unspecified atom stereocenters. The molecule has 2 heterocycles.